The molecule has 3 nitrogen and oxygen atoms in total. The average Bonchev–Trinajstić information content (AvgIpc) is 2.90. The summed E-state index contributed by atoms with van der Waals surface area (Å²) in [6.45, 7) is 2.73. The summed E-state index contributed by atoms with van der Waals surface area (Å²) >= 11 is 0. The third-order valence-electron chi connectivity index (χ3n) is 5.91. The van der Waals surface area contributed by atoms with Crippen molar-refractivity contribution in [1.82, 2.24) is 5.43 Å². The van der Waals surface area contributed by atoms with Gasteiger partial charge in [-0.2, -0.15) is 0 Å². The lowest BCUT2D eigenvalue weighted by Crippen LogP contribution is -2.31. The predicted octanol–water partition coefficient (Wildman–Crippen LogP) is 2.88. The monoisotopic (exact) mass is 272 g/mol. The van der Waals surface area contributed by atoms with E-state index in [1.165, 1.54) is 24.8 Å². The first-order chi connectivity index (χ1) is 9.83. The van der Waals surface area contributed by atoms with E-state index in [1.807, 2.05) is 6.92 Å². The maximum atomic E-state index is 5.88. The molecular formula is C17H24N2O. The highest BCUT2D eigenvalue weighted by molar-refractivity contribution is 5.32. The first kappa shape index (κ1) is 12.7. The van der Waals surface area contributed by atoms with Crippen LogP contribution in [-0.4, -0.2) is 6.61 Å². The zero-order chi connectivity index (χ0) is 13.7. The molecule has 3 fully saturated rings. The van der Waals surface area contributed by atoms with Gasteiger partial charge in [0.05, 0.1) is 6.61 Å². The number of fused-ring (bicyclic) bond motifs is 5. The van der Waals surface area contributed by atoms with E-state index in [4.69, 9.17) is 10.6 Å². The molecule has 0 heterocycles. The molecule has 5 unspecified atom stereocenters. The number of nitrogens with one attached hydrogen (secondary N) is 1. The number of ether oxygens (including phenoxy) is 1. The van der Waals surface area contributed by atoms with Crippen molar-refractivity contribution in [2.45, 2.75) is 32.2 Å². The van der Waals surface area contributed by atoms with Crippen LogP contribution in [-0.2, 0) is 0 Å². The summed E-state index contributed by atoms with van der Waals surface area (Å²) in [6, 6.07) is 8.80. The molecule has 3 aliphatic rings. The Balaban J connectivity index is 1.51. The molecule has 4 rings (SSSR count). The Kier molecular flexibility index (Phi) is 3.00. The first-order valence-electron chi connectivity index (χ1n) is 8.02. The minimum Gasteiger partial charge on any atom is -0.494 e. The van der Waals surface area contributed by atoms with E-state index >= 15 is 0 Å². The molecule has 0 aromatic heterocycles. The topological polar surface area (TPSA) is 47.3 Å². The minimum atomic E-state index is 0.323. The third kappa shape index (κ3) is 1.80. The SMILES string of the molecule is CCOc1ccc(C(NN)C2C3C4CCC(C4)C32)cc1. The summed E-state index contributed by atoms with van der Waals surface area (Å²) in [5.74, 6) is 11.5. The molecule has 0 amide bonds. The van der Waals surface area contributed by atoms with Crippen LogP contribution in [0.15, 0.2) is 24.3 Å². The van der Waals surface area contributed by atoms with Gasteiger partial charge in [-0.25, -0.2) is 0 Å². The van der Waals surface area contributed by atoms with Crippen molar-refractivity contribution in [3.05, 3.63) is 29.8 Å². The molecule has 3 N–H and O–H groups in total. The maximum absolute atomic E-state index is 5.88. The van der Waals surface area contributed by atoms with Crippen LogP contribution in [0.3, 0.4) is 0 Å². The van der Waals surface area contributed by atoms with Crippen LogP contribution in [0.25, 0.3) is 0 Å². The molecule has 3 saturated carbocycles. The fourth-order valence-electron chi connectivity index (χ4n) is 5.21. The Bertz CT molecular complexity index is 470. The molecule has 1 aromatic rings. The van der Waals surface area contributed by atoms with Crippen LogP contribution >= 0.6 is 0 Å². The predicted molar refractivity (Wildman–Crippen MR) is 79.0 cm³/mol. The normalized spacial score (nSPS) is 38.6. The minimum absolute atomic E-state index is 0.323. The number of hydrogen-bond acceptors (Lipinski definition) is 3. The standard InChI is InChI=1S/C17H24N2O/c1-2-20-13-7-5-10(6-8-13)17(19-18)16-14-11-3-4-12(9-11)15(14)16/h5-8,11-12,14-17,19H,2-4,9,18H2,1H3. The Morgan fingerprint density at radius 3 is 2.40 bits per heavy atom. The molecule has 5 atom stereocenters. The van der Waals surface area contributed by atoms with Crippen LogP contribution < -0.4 is 16.0 Å². The Labute approximate surface area is 120 Å². The smallest absolute Gasteiger partial charge is 0.119 e. The Hall–Kier alpha value is -1.06. The lowest BCUT2D eigenvalue weighted by molar-refractivity contribution is 0.339. The number of hydrazine groups is 1. The van der Waals surface area contributed by atoms with Crippen LogP contribution in [0.4, 0.5) is 0 Å². The van der Waals surface area contributed by atoms with Crippen molar-refractivity contribution in [2.75, 3.05) is 6.61 Å². The van der Waals surface area contributed by atoms with E-state index in [2.05, 4.69) is 29.7 Å². The van der Waals surface area contributed by atoms with Crippen LogP contribution in [0.1, 0.15) is 37.8 Å². The lowest BCUT2D eigenvalue weighted by atomic mass is 9.93. The second kappa shape index (κ2) is 4.74. The van der Waals surface area contributed by atoms with Gasteiger partial charge in [0.2, 0.25) is 0 Å². The molecule has 3 heteroatoms. The van der Waals surface area contributed by atoms with E-state index in [1.54, 1.807) is 0 Å². The van der Waals surface area contributed by atoms with Crippen molar-refractivity contribution in [3.63, 3.8) is 0 Å². The second-order valence-electron chi connectivity index (χ2n) is 6.71. The molecule has 0 spiro atoms. The average molecular weight is 272 g/mol. The lowest BCUT2D eigenvalue weighted by Gasteiger charge is -2.20. The summed E-state index contributed by atoms with van der Waals surface area (Å²) in [4.78, 5) is 0. The highest BCUT2D eigenvalue weighted by Gasteiger charge is 2.66. The van der Waals surface area contributed by atoms with Gasteiger partial charge < -0.3 is 4.74 Å². The second-order valence-corrected chi connectivity index (χ2v) is 6.71. The van der Waals surface area contributed by atoms with Crippen molar-refractivity contribution in [2.24, 2.45) is 35.4 Å². The number of nitrogens with two attached hydrogens (primary N) is 1. The van der Waals surface area contributed by atoms with Gasteiger partial charge in [-0.1, -0.05) is 12.1 Å². The number of benzene rings is 1. The summed E-state index contributed by atoms with van der Waals surface area (Å²) in [5, 5.41) is 0. The van der Waals surface area contributed by atoms with Gasteiger partial charge >= 0.3 is 0 Å². The van der Waals surface area contributed by atoms with E-state index in [9.17, 15) is 0 Å². The van der Waals surface area contributed by atoms with Gasteiger partial charge in [0.25, 0.3) is 0 Å². The van der Waals surface area contributed by atoms with Crippen LogP contribution in [0, 0.1) is 29.6 Å². The van der Waals surface area contributed by atoms with Crippen molar-refractivity contribution < 1.29 is 4.74 Å². The van der Waals surface area contributed by atoms with Gasteiger partial charge in [0.15, 0.2) is 0 Å². The van der Waals surface area contributed by atoms with Crippen molar-refractivity contribution in [3.8, 4) is 5.75 Å². The fraction of sp³-hybridized carbons (Fsp3) is 0.647. The quantitative estimate of drug-likeness (QED) is 0.640. The summed E-state index contributed by atoms with van der Waals surface area (Å²) in [6.07, 6.45) is 4.41. The Morgan fingerprint density at radius 2 is 1.85 bits per heavy atom. The highest BCUT2D eigenvalue weighted by Crippen LogP contribution is 2.72. The van der Waals surface area contributed by atoms with E-state index in [0.717, 1.165) is 35.3 Å². The van der Waals surface area contributed by atoms with Crippen LogP contribution in [0.2, 0.25) is 0 Å². The highest BCUT2D eigenvalue weighted by atomic mass is 16.5. The van der Waals surface area contributed by atoms with Gasteiger partial charge in [-0.15, -0.1) is 0 Å². The van der Waals surface area contributed by atoms with Crippen molar-refractivity contribution in [1.29, 1.82) is 0 Å². The summed E-state index contributed by atoms with van der Waals surface area (Å²) < 4.78 is 5.52. The maximum Gasteiger partial charge on any atom is 0.119 e. The Morgan fingerprint density at radius 1 is 1.20 bits per heavy atom. The third-order valence-corrected chi connectivity index (χ3v) is 5.91. The number of hydrogen-bond donors (Lipinski definition) is 2. The van der Waals surface area contributed by atoms with Gasteiger partial charge in [0.1, 0.15) is 5.75 Å². The first-order valence-corrected chi connectivity index (χ1v) is 8.02. The molecule has 0 radical (unpaired) electrons. The van der Waals surface area contributed by atoms with Crippen LogP contribution in [0.5, 0.6) is 5.75 Å². The molecule has 20 heavy (non-hydrogen) atoms. The van der Waals surface area contributed by atoms with E-state index in [0.29, 0.717) is 12.6 Å². The number of rotatable bonds is 5. The fourth-order valence-corrected chi connectivity index (χ4v) is 5.21. The van der Waals surface area contributed by atoms with Gasteiger partial charge in [0, 0.05) is 6.04 Å². The van der Waals surface area contributed by atoms with E-state index < -0.39 is 0 Å². The molecule has 1 aromatic carbocycles. The zero-order valence-corrected chi connectivity index (χ0v) is 12.1. The largest absolute Gasteiger partial charge is 0.494 e. The zero-order valence-electron chi connectivity index (χ0n) is 12.1. The molecule has 0 aliphatic heterocycles. The summed E-state index contributed by atoms with van der Waals surface area (Å²) in [5.41, 5.74) is 4.40. The molecule has 2 bridgehead atoms. The van der Waals surface area contributed by atoms with E-state index in [-0.39, 0.29) is 0 Å². The van der Waals surface area contributed by atoms with Gasteiger partial charge in [-0.3, -0.25) is 11.3 Å². The molecule has 0 saturated heterocycles. The van der Waals surface area contributed by atoms with Gasteiger partial charge in [-0.05, 0) is 73.5 Å². The summed E-state index contributed by atoms with van der Waals surface area (Å²) in [7, 11) is 0. The molecular weight excluding hydrogens is 248 g/mol. The molecule has 3 aliphatic carbocycles. The molecule has 108 valence electrons. The van der Waals surface area contributed by atoms with Crippen molar-refractivity contribution >= 4 is 0 Å².